The molecule has 1 aromatic heterocycles. The van der Waals surface area contributed by atoms with Crippen LogP contribution in [0.15, 0.2) is 48.7 Å². The van der Waals surface area contributed by atoms with Gasteiger partial charge in [-0.3, -0.25) is 4.79 Å². The van der Waals surface area contributed by atoms with Crippen LogP contribution in [0, 0.1) is 0 Å². The van der Waals surface area contributed by atoms with Crippen molar-refractivity contribution in [1.29, 1.82) is 0 Å². The Morgan fingerprint density at radius 3 is 2.67 bits per heavy atom. The summed E-state index contributed by atoms with van der Waals surface area (Å²) in [7, 11) is 5.15. The average molecular weight is 324 g/mol. The second-order valence-corrected chi connectivity index (χ2v) is 5.53. The highest BCUT2D eigenvalue weighted by molar-refractivity contribution is 6.06. The Kier molecular flexibility index (Phi) is 4.42. The van der Waals surface area contributed by atoms with Crippen LogP contribution in [0.25, 0.3) is 10.9 Å². The molecule has 0 aliphatic rings. The van der Waals surface area contributed by atoms with E-state index < -0.39 is 0 Å². The van der Waals surface area contributed by atoms with Crippen LogP contribution < -0.4 is 14.8 Å². The molecule has 2 aromatic carbocycles. The predicted octanol–water partition coefficient (Wildman–Crippen LogP) is 3.13. The zero-order valence-electron chi connectivity index (χ0n) is 14.0. The second-order valence-electron chi connectivity index (χ2n) is 5.53. The quantitative estimate of drug-likeness (QED) is 0.784. The highest BCUT2D eigenvalue weighted by Gasteiger charge is 2.14. The molecule has 0 atom stereocenters. The third-order valence-corrected chi connectivity index (χ3v) is 4.08. The van der Waals surface area contributed by atoms with E-state index in [2.05, 4.69) is 5.32 Å². The lowest BCUT2D eigenvalue weighted by atomic mass is 10.1. The highest BCUT2D eigenvalue weighted by Crippen LogP contribution is 2.25. The summed E-state index contributed by atoms with van der Waals surface area (Å²) < 4.78 is 12.5. The van der Waals surface area contributed by atoms with Gasteiger partial charge in [-0.1, -0.05) is 18.2 Å². The van der Waals surface area contributed by atoms with Gasteiger partial charge in [0.05, 0.1) is 19.8 Å². The monoisotopic (exact) mass is 324 g/mol. The molecule has 0 spiro atoms. The van der Waals surface area contributed by atoms with Crippen molar-refractivity contribution in [2.75, 3.05) is 14.2 Å². The fourth-order valence-electron chi connectivity index (χ4n) is 2.79. The molecule has 5 heteroatoms. The summed E-state index contributed by atoms with van der Waals surface area (Å²) >= 11 is 0. The SMILES string of the molecule is COc1ccc(CNC(=O)c2cn(C)c3ccccc23)c(OC)c1. The van der Waals surface area contributed by atoms with Crippen LogP contribution in [-0.4, -0.2) is 24.7 Å². The maximum Gasteiger partial charge on any atom is 0.253 e. The summed E-state index contributed by atoms with van der Waals surface area (Å²) in [5.41, 5.74) is 2.59. The van der Waals surface area contributed by atoms with E-state index in [1.165, 1.54) is 0 Å². The third-order valence-electron chi connectivity index (χ3n) is 4.08. The molecule has 1 N–H and O–H groups in total. The molecule has 0 fully saturated rings. The molecule has 1 heterocycles. The Morgan fingerprint density at radius 1 is 1.12 bits per heavy atom. The van der Waals surface area contributed by atoms with Crippen molar-refractivity contribution in [2.45, 2.75) is 6.54 Å². The second kappa shape index (κ2) is 6.66. The van der Waals surface area contributed by atoms with E-state index in [-0.39, 0.29) is 5.91 Å². The zero-order valence-corrected chi connectivity index (χ0v) is 14.0. The number of ether oxygens (including phenoxy) is 2. The number of nitrogens with zero attached hydrogens (tertiary/aromatic N) is 1. The van der Waals surface area contributed by atoms with Gasteiger partial charge in [-0.05, 0) is 18.2 Å². The van der Waals surface area contributed by atoms with E-state index in [0.717, 1.165) is 22.2 Å². The lowest BCUT2D eigenvalue weighted by molar-refractivity contribution is 0.0952. The summed E-state index contributed by atoms with van der Waals surface area (Å²) in [5, 5.41) is 3.90. The topological polar surface area (TPSA) is 52.5 Å². The van der Waals surface area contributed by atoms with Crippen LogP contribution in [0.4, 0.5) is 0 Å². The van der Waals surface area contributed by atoms with E-state index in [1.54, 1.807) is 20.3 Å². The van der Waals surface area contributed by atoms with Crippen LogP contribution in [0.2, 0.25) is 0 Å². The van der Waals surface area contributed by atoms with Gasteiger partial charge in [0.2, 0.25) is 0 Å². The Morgan fingerprint density at radius 2 is 1.92 bits per heavy atom. The van der Waals surface area contributed by atoms with Gasteiger partial charge in [-0.15, -0.1) is 0 Å². The van der Waals surface area contributed by atoms with Crippen LogP contribution >= 0.6 is 0 Å². The lowest BCUT2D eigenvalue weighted by Crippen LogP contribution is -2.22. The van der Waals surface area contributed by atoms with Crippen molar-refractivity contribution >= 4 is 16.8 Å². The lowest BCUT2D eigenvalue weighted by Gasteiger charge is -2.11. The number of aryl methyl sites for hydroxylation is 1. The Balaban J connectivity index is 1.80. The van der Waals surface area contributed by atoms with Gasteiger partial charge < -0.3 is 19.4 Å². The number of nitrogens with one attached hydrogen (secondary N) is 1. The van der Waals surface area contributed by atoms with Crippen molar-refractivity contribution in [2.24, 2.45) is 7.05 Å². The summed E-state index contributed by atoms with van der Waals surface area (Å²) in [6.45, 7) is 0.384. The number of fused-ring (bicyclic) bond motifs is 1. The van der Waals surface area contributed by atoms with Gasteiger partial charge in [-0.2, -0.15) is 0 Å². The summed E-state index contributed by atoms with van der Waals surface area (Å²) in [4.78, 5) is 12.6. The van der Waals surface area contributed by atoms with E-state index in [0.29, 0.717) is 17.9 Å². The van der Waals surface area contributed by atoms with Crippen LogP contribution in [0.3, 0.4) is 0 Å². The first-order valence-corrected chi connectivity index (χ1v) is 7.67. The van der Waals surface area contributed by atoms with Crippen molar-refractivity contribution in [3.63, 3.8) is 0 Å². The minimum Gasteiger partial charge on any atom is -0.497 e. The minimum absolute atomic E-state index is 0.107. The third kappa shape index (κ3) is 2.93. The Bertz CT molecular complexity index is 883. The molecule has 3 aromatic rings. The summed E-state index contributed by atoms with van der Waals surface area (Å²) in [6, 6.07) is 13.4. The number of carbonyl (C=O) groups excluding carboxylic acids is 1. The molecule has 1 amide bonds. The number of amides is 1. The number of rotatable bonds is 5. The molecule has 0 aliphatic carbocycles. The van der Waals surface area contributed by atoms with Gasteiger partial charge >= 0.3 is 0 Å². The Labute approximate surface area is 140 Å². The number of benzene rings is 2. The molecule has 0 radical (unpaired) electrons. The highest BCUT2D eigenvalue weighted by atomic mass is 16.5. The maximum absolute atomic E-state index is 12.6. The van der Waals surface area contributed by atoms with Gasteiger partial charge in [0.25, 0.3) is 5.91 Å². The van der Waals surface area contributed by atoms with Gasteiger partial charge in [-0.25, -0.2) is 0 Å². The molecule has 124 valence electrons. The molecule has 0 aliphatic heterocycles. The molecule has 0 saturated heterocycles. The number of methoxy groups -OCH3 is 2. The average Bonchev–Trinajstić information content (AvgIpc) is 2.97. The molecule has 5 nitrogen and oxygen atoms in total. The zero-order chi connectivity index (χ0) is 17.1. The van der Waals surface area contributed by atoms with Gasteiger partial charge in [0.1, 0.15) is 11.5 Å². The van der Waals surface area contributed by atoms with E-state index in [4.69, 9.17) is 9.47 Å². The van der Waals surface area contributed by atoms with Crippen LogP contribution in [0.5, 0.6) is 11.5 Å². The standard InChI is InChI=1S/C19H20N2O3/c1-21-12-16(15-6-4-5-7-17(15)21)19(22)20-11-13-8-9-14(23-2)10-18(13)24-3/h4-10,12H,11H2,1-3H3,(H,20,22). The van der Waals surface area contributed by atoms with Gasteiger partial charge in [0.15, 0.2) is 0 Å². The smallest absolute Gasteiger partial charge is 0.253 e. The molecular weight excluding hydrogens is 304 g/mol. The van der Waals surface area contributed by atoms with Crippen molar-refractivity contribution in [3.8, 4) is 11.5 Å². The fraction of sp³-hybridized carbons (Fsp3) is 0.211. The molecule has 0 saturated carbocycles. The largest absolute Gasteiger partial charge is 0.497 e. The number of hydrogen-bond donors (Lipinski definition) is 1. The van der Waals surface area contributed by atoms with Crippen molar-refractivity contribution < 1.29 is 14.3 Å². The number of aromatic nitrogens is 1. The van der Waals surface area contributed by atoms with Crippen molar-refractivity contribution in [3.05, 3.63) is 59.8 Å². The Hall–Kier alpha value is -2.95. The fourth-order valence-corrected chi connectivity index (χ4v) is 2.79. The van der Waals surface area contributed by atoms with Crippen molar-refractivity contribution in [1.82, 2.24) is 9.88 Å². The van der Waals surface area contributed by atoms with Crippen LogP contribution in [-0.2, 0) is 13.6 Å². The van der Waals surface area contributed by atoms with E-state index >= 15 is 0 Å². The first-order valence-electron chi connectivity index (χ1n) is 7.67. The number of para-hydroxylation sites is 1. The normalized spacial score (nSPS) is 10.6. The van der Waals surface area contributed by atoms with Gasteiger partial charge in [0, 0.05) is 42.3 Å². The first kappa shape index (κ1) is 15.9. The van der Waals surface area contributed by atoms with E-state index in [9.17, 15) is 4.79 Å². The molecular formula is C19H20N2O3. The first-order chi connectivity index (χ1) is 11.6. The number of carbonyl (C=O) groups is 1. The molecule has 3 rings (SSSR count). The minimum atomic E-state index is -0.107. The summed E-state index contributed by atoms with van der Waals surface area (Å²) in [6.07, 6.45) is 1.85. The maximum atomic E-state index is 12.6. The molecule has 0 bridgehead atoms. The number of hydrogen-bond acceptors (Lipinski definition) is 3. The molecule has 24 heavy (non-hydrogen) atoms. The summed E-state index contributed by atoms with van der Waals surface area (Å²) in [5.74, 6) is 1.30. The predicted molar refractivity (Wildman–Crippen MR) is 93.6 cm³/mol. The van der Waals surface area contributed by atoms with Crippen LogP contribution in [0.1, 0.15) is 15.9 Å². The van der Waals surface area contributed by atoms with E-state index in [1.807, 2.05) is 54.2 Å². The molecule has 0 unspecified atom stereocenters.